The summed E-state index contributed by atoms with van der Waals surface area (Å²) < 4.78 is 0. The van der Waals surface area contributed by atoms with Gasteiger partial charge in [0.25, 0.3) is 0 Å². The van der Waals surface area contributed by atoms with Crippen molar-refractivity contribution in [1.82, 2.24) is 0 Å². The van der Waals surface area contributed by atoms with E-state index in [1.165, 1.54) is 109 Å². The molecule has 0 aromatic rings. The molecule has 0 amide bonds. The lowest BCUT2D eigenvalue weighted by molar-refractivity contribution is 0.0147. The van der Waals surface area contributed by atoms with Gasteiger partial charge in [-0.25, -0.2) is 0 Å². The van der Waals surface area contributed by atoms with Gasteiger partial charge < -0.3 is 0 Å². The van der Waals surface area contributed by atoms with Crippen LogP contribution < -0.4 is 0 Å². The minimum atomic E-state index is 0.0600. The average molecular weight is 372 g/mol. The highest BCUT2D eigenvalue weighted by molar-refractivity contribution is 5.09. The summed E-state index contributed by atoms with van der Waals surface area (Å²) in [6.07, 6.45) is 23.7. The average Bonchev–Trinajstić information content (AvgIpc) is 2.72. The topological polar surface area (TPSA) is 23.8 Å². The van der Waals surface area contributed by atoms with E-state index in [2.05, 4.69) is 19.9 Å². The van der Waals surface area contributed by atoms with Gasteiger partial charge in [0.1, 0.15) is 0 Å². The Balaban J connectivity index is 1.48. The first kappa shape index (κ1) is 21.2. The number of rotatable bonds is 8. The van der Waals surface area contributed by atoms with Crippen molar-refractivity contribution >= 4 is 0 Å². The molecular weight excluding hydrogens is 326 g/mol. The number of fused-ring (bicyclic) bond motifs is 1. The SMILES string of the molecule is CCCCCC1CCC(C2CCC3(C#N)CC(CCCC)CCC3C2)CC1. The van der Waals surface area contributed by atoms with Crippen LogP contribution in [0, 0.1) is 46.3 Å². The highest BCUT2D eigenvalue weighted by Gasteiger charge is 2.48. The van der Waals surface area contributed by atoms with E-state index in [1.807, 2.05) is 0 Å². The van der Waals surface area contributed by atoms with Crippen molar-refractivity contribution in [3.63, 3.8) is 0 Å². The Hall–Kier alpha value is -0.510. The van der Waals surface area contributed by atoms with Gasteiger partial charge in [-0.2, -0.15) is 5.26 Å². The maximum Gasteiger partial charge on any atom is 0.0692 e. The van der Waals surface area contributed by atoms with Crippen LogP contribution in [-0.2, 0) is 0 Å². The molecule has 0 heterocycles. The van der Waals surface area contributed by atoms with Crippen molar-refractivity contribution in [3.05, 3.63) is 0 Å². The first-order valence-electron chi connectivity index (χ1n) is 12.6. The number of unbranched alkanes of at least 4 members (excludes halogenated alkanes) is 3. The van der Waals surface area contributed by atoms with E-state index in [0.717, 1.165) is 29.6 Å². The second-order valence-electron chi connectivity index (χ2n) is 10.6. The highest BCUT2D eigenvalue weighted by Crippen LogP contribution is 2.56. The summed E-state index contributed by atoms with van der Waals surface area (Å²) in [6.45, 7) is 4.62. The molecule has 0 N–H and O–H groups in total. The van der Waals surface area contributed by atoms with Crippen LogP contribution in [0.4, 0.5) is 0 Å². The summed E-state index contributed by atoms with van der Waals surface area (Å²) in [7, 11) is 0. The summed E-state index contributed by atoms with van der Waals surface area (Å²) in [5.74, 6) is 4.53. The van der Waals surface area contributed by atoms with E-state index in [4.69, 9.17) is 0 Å². The number of hydrogen-bond acceptors (Lipinski definition) is 1. The van der Waals surface area contributed by atoms with Crippen LogP contribution in [0.25, 0.3) is 0 Å². The zero-order valence-corrected chi connectivity index (χ0v) is 18.4. The van der Waals surface area contributed by atoms with Gasteiger partial charge in [-0.1, -0.05) is 78.1 Å². The number of nitrogens with zero attached hydrogens (tertiary/aromatic N) is 1. The van der Waals surface area contributed by atoms with Crippen molar-refractivity contribution in [3.8, 4) is 6.07 Å². The third kappa shape index (κ3) is 5.31. The molecule has 4 unspecified atom stereocenters. The first-order chi connectivity index (χ1) is 13.2. The van der Waals surface area contributed by atoms with E-state index in [1.54, 1.807) is 0 Å². The van der Waals surface area contributed by atoms with Crippen molar-refractivity contribution in [2.45, 2.75) is 123 Å². The van der Waals surface area contributed by atoms with Crippen LogP contribution in [0.2, 0.25) is 0 Å². The molecule has 0 radical (unpaired) electrons. The summed E-state index contributed by atoms with van der Waals surface area (Å²) >= 11 is 0. The third-order valence-electron chi connectivity index (χ3n) is 8.87. The predicted octanol–water partition coefficient (Wildman–Crippen LogP) is 8.29. The molecule has 3 fully saturated rings. The monoisotopic (exact) mass is 371 g/mol. The van der Waals surface area contributed by atoms with Crippen molar-refractivity contribution in [2.24, 2.45) is 35.0 Å². The van der Waals surface area contributed by atoms with Gasteiger partial charge in [0.15, 0.2) is 0 Å². The van der Waals surface area contributed by atoms with Gasteiger partial charge in [-0.05, 0) is 74.5 Å². The fourth-order valence-electron chi connectivity index (χ4n) is 7.06. The molecule has 0 aromatic heterocycles. The van der Waals surface area contributed by atoms with Gasteiger partial charge in [0.2, 0.25) is 0 Å². The van der Waals surface area contributed by atoms with Gasteiger partial charge in [0, 0.05) is 0 Å². The molecule has 3 aliphatic rings. The maximum absolute atomic E-state index is 10.1. The van der Waals surface area contributed by atoms with Gasteiger partial charge in [-0.15, -0.1) is 0 Å². The van der Waals surface area contributed by atoms with Crippen LogP contribution in [0.3, 0.4) is 0 Å². The molecule has 0 aromatic carbocycles. The van der Waals surface area contributed by atoms with Gasteiger partial charge >= 0.3 is 0 Å². The zero-order valence-electron chi connectivity index (χ0n) is 18.4. The molecule has 1 nitrogen and oxygen atoms in total. The van der Waals surface area contributed by atoms with E-state index in [9.17, 15) is 5.26 Å². The maximum atomic E-state index is 10.1. The minimum Gasteiger partial charge on any atom is -0.198 e. The normalized spacial score (nSPS) is 39.5. The molecule has 154 valence electrons. The first-order valence-corrected chi connectivity index (χ1v) is 12.6. The summed E-state index contributed by atoms with van der Waals surface area (Å²) in [4.78, 5) is 0. The van der Waals surface area contributed by atoms with Crippen LogP contribution in [-0.4, -0.2) is 0 Å². The molecule has 3 saturated carbocycles. The smallest absolute Gasteiger partial charge is 0.0692 e. The van der Waals surface area contributed by atoms with Crippen LogP contribution in [0.15, 0.2) is 0 Å². The Morgan fingerprint density at radius 1 is 0.778 bits per heavy atom. The lowest BCUT2D eigenvalue weighted by atomic mass is 9.53. The Labute approximate surface area is 169 Å². The predicted molar refractivity (Wildman–Crippen MR) is 115 cm³/mol. The molecule has 1 heteroatoms. The summed E-state index contributed by atoms with van der Waals surface area (Å²) in [6, 6.07) is 2.88. The van der Waals surface area contributed by atoms with E-state index >= 15 is 0 Å². The standard InChI is InChI=1S/C26H45N/c1-3-5-7-9-21-10-13-23(14-11-21)24-16-17-26(20-27)19-22(8-6-4-2)12-15-25(26)18-24/h21-25H,3-19H2,1-2H3. The molecule has 3 rings (SSSR count). The van der Waals surface area contributed by atoms with Crippen LogP contribution in [0.1, 0.15) is 123 Å². The molecule has 27 heavy (non-hydrogen) atoms. The second kappa shape index (κ2) is 10.3. The van der Waals surface area contributed by atoms with Crippen LogP contribution >= 0.6 is 0 Å². The van der Waals surface area contributed by atoms with Crippen molar-refractivity contribution in [1.29, 1.82) is 5.26 Å². The Kier molecular flexibility index (Phi) is 8.10. The highest BCUT2D eigenvalue weighted by atomic mass is 14.5. The molecule has 0 saturated heterocycles. The number of hydrogen-bond donors (Lipinski definition) is 0. The van der Waals surface area contributed by atoms with Crippen LogP contribution in [0.5, 0.6) is 0 Å². The lowest BCUT2D eigenvalue weighted by Crippen LogP contribution is -2.42. The summed E-state index contributed by atoms with van der Waals surface area (Å²) in [5.41, 5.74) is 0.0600. The fraction of sp³-hybridized carbons (Fsp3) is 0.962. The van der Waals surface area contributed by atoms with Crippen molar-refractivity contribution < 1.29 is 0 Å². The zero-order chi connectivity index (χ0) is 19.1. The third-order valence-corrected chi connectivity index (χ3v) is 8.87. The molecule has 4 atom stereocenters. The Morgan fingerprint density at radius 3 is 2.19 bits per heavy atom. The Morgan fingerprint density at radius 2 is 1.48 bits per heavy atom. The summed E-state index contributed by atoms with van der Waals surface area (Å²) in [5, 5.41) is 10.1. The van der Waals surface area contributed by atoms with Gasteiger partial charge in [-0.3, -0.25) is 0 Å². The lowest BCUT2D eigenvalue weighted by Gasteiger charge is -2.50. The fourth-order valence-corrected chi connectivity index (χ4v) is 7.06. The quantitative estimate of drug-likeness (QED) is 0.394. The van der Waals surface area contributed by atoms with E-state index < -0.39 is 0 Å². The molecular formula is C26H45N. The van der Waals surface area contributed by atoms with Crippen molar-refractivity contribution in [2.75, 3.05) is 0 Å². The van der Waals surface area contributed by atoms with E-state index in [0.29, 0.717) is 0 Å². The minimum absolute atomic E-state index is 0.0600. The number of nitriles is 1. The van der Waals surface area contributed by atoms with Gasteiger partial charge in [0.05, 0.1) is 11.5 Å². The molecule has 3 aliphatic carbocycles. The Bertz CT molecular complexity index is 469. The van der Waals surface area contributed by atoms with E-state index in [-0.39, 0.29) is 5.41 Å². The molecule has 0 bridgehead atoms. The second-order valence-corrected chi connectivity index (χ2v) is 10.6. The molecule has 0 spiro atoms. The largest absolute Gasteiger partial charge is 0.198 e. The molecule has 0 aliphatic heterocycles.